The molecule has 15 heavy (non-hydrogen) atoms. The number of hydrogen-bond donors (Lipinski definition) is 2. The normalized spacial score (nSPS) is 20.7. The molecule has 2 amide bonds. The summed E-state index contributed by atoms with van der Waals surface area (Å²) in [4.78, 5) is 21.8. The molecule has 0 saturated carbocycles. The van der Waals surface area contributed by atoms with E-state index in [1.54, 1.807) is 0 Å². The van der Waals surface area contributed by atoms with Crippen LogP contribution in [0.4, 0.5) is 4.79 Å². The first-order valence-electron chi connectivity index (χ1n) is 5.27. The van der Waals surface area contributed by atoms with E-state index in [4.69, 9.17) is 4.74 Å². The Morgan fingerprint density at radius 1 is 1.40 bits per heavy atom. The Kier molecular flexibility index (Phi) is 5.10. The number of carbonyl (C=O) groups excluding carboxylic acids is 2. The van der Waals surface area contributed by atoms with Gasteiger partial charge in [0.2, 0.25) is 0 Å². The summed E-state index contributed by atoms with van der Waals surface area (Å²) in [7, 11) is 0. The van der Waals surface area contributed by atoms with Crippen LogP contribution in [0.2, 0.25) is 0 Å². The van der Waals surface area contributed by atoms with Crippen molar-refractivity contribution in [2.24, 2.45) is 5.92 Å². The molecule has 1 atom stereocenters. The van der Waals surface area contributed by atoms with Gasteiger partial charge in [-0.1, -0.05) is 0 Å². The molecule has 0 aromatic rings. The number of ether oxygens (including phenoxy) is 1. The fourth-order valence-electron chi connectivity index (χ4n) is 1.47. The number of ketones is 1. The Morgan fingerprint density at radius 2 is 2.20 bits per heavy atom. The van der Waals surface area contributed by atoms with Gasteiger partial charge in [-0.2, -0.15) is 0 Å². The van der Waals surface area contributed by atoms with Crippen LogP contribution in [0, 0.1) is 5.92 Å². The monoisotopic (exact) mass is 214 g/mol. The molecule has 1 unspecified atom stereocenters. The van der Waals surface area contributed by atoms with Gasteiger partial charge >= 0.3 is 6.03 Å². The summed E-state index contributed by atoms with van der Waals surface area (Å²) in [5.74, 6) is 0.355. The highest BCUT2D eigenvalue weighted by Gasteiger charge is 2.14. The fourth-order valence-corrected chi connectivity index (χ4v) is 1.47. The van der Waals surface area contributed by atoms with Gasteiger partial charge in [-0.05, 0) is 25.7 Å². The van der Waals surface area contributed by atoms with Crippen LogP contribution in [-0.4, -0.2) is 38.1 Å². The summed E-state index contributed by atoms with van der Waals surface area (Å²) in [6.45, 7) is 3.69. The third kappa shape index (κ3) is 5.37. The number of nitrogens with one attached hydrogen (secondary N) is 2. The molecule has 1 fully saturated rings. The van der Waals surface area contributed by atoms with Crippen molar-refractivity contribution in [1.82, 2.24) is 10.6 Å². The number of amides is 2. The van der Waals surface area contributed by atoms with Crippen molar-refractivity contribution in [2.75, 3.05) is 26.3 Å². The van der Waals surface area contributed by atoms with Crippen molar-refractivity contribution in [3.63, 3.8) is 0 Å². The first-order valence-corrected chi connectivity index (χ1v) is 5.27. The second-order valence-corrected chi connectivity index (χ2v) is 3.85. The average molecular weight is 214 g/mol. The third-order valence-corrected chi connectivity index (χ3v) is 2.30. The molecule has 0 spiro atoms. The zero-order valence-electron chi connectivity index (χ0n) is 9.04. The molecule has 86 valence electrons. The molecule has 5 nitrogen and oxygen atoms in total. The molecular formula is C10H18N2O3. The van der Waals surface area contributed by atoms with Crippen molar-refractivity contribution in [3.8, 4) is 0 Å². The largest absolute Gasteiger partial charge is 0.381 e. The van der Waals surface area contributed by atoms with Gasteiger partial charge in [0.05, 0.1) is 13.2 Å². The lowest BCUT2D eigenvalue weighted by atomic mass is 10.0. The van der Waals surface area contributed by atoms with Gasteiger partial charge in [0, 0.05) is 13.2 Å². The maximum Gasteiger partial charge on any atom is 0.315 e. The predicted octanol–water partition coefficient (Wildman–Crippen LogP) is 0.301. The zero-order chi connectivity index (χ0) is 11.1. The Balaban J connectivity index is 2.07. The van der Waals surface area contributed by atoms with Crippen LogP contribution in [0.15, 0.2) is 0 Å². The van der Waals surface area contributed by atoms with Crippen molar-refractivity contribution >= 4 is 11.8 Å². The maximum atomic E-state index is 11.2. The Bertz CT molecular complexity index is 225. The van der Waals surface area contributed by atoms with Crippen LogP contribution < -0.4 is 10.6 Å². The highest BCUT2D eigenvalue weighted by atomic mass is 16.5. The van der Waals surface area contributed by atoms with E-state index in [0.29, 0.717) is 19.1 Å². The van der Waals surface area contributed by atoms with Gasteiger partial charge in [-0.25, -0.2) is 4.79 Å². The van der Waals surface area contributed by atoms with Crippen LogP contribution in [-0.2, 0) is 9.53 Å². The second kappa shape index (κ2) is 6.40. The van der Waals surface area contributed by atoms with E-state index in [1.807, 2.05) is 0 Å². The van der Waals surface area contributed by atoms with Crippen molar-refractivity contribution < 1.29 is 14.3 Å². The topological polar surface area (TPSA) is 67.4 Å². The minimum Gasteiger partial charge on any atom is -0.381 e. The summed E-state index contributed by atoms with van der Waals surface area (Å²) in [5.41, 5.74) is 0. The molecule has 0 aliphatic carbocycles. The van der Waals surface area contributed by atoms with E-state index in [1.165, 1.54) is 6.92 Å². The summed E-state index contributed by atoms with van der Waals surface area (Å²) >= 11 is 0. The molecule has 1 rings (SSSR count). The van der Waals surface area contributed by atoms with Crippen LogP contribution >= 0.6 is 0 Å². The lowest BCUT2D eigenvalue weighted by Crippen LogP contribution is -2.41. The van der Waals surface area contributed by atoms with E-state index in [9.17, 15) is 9.59 Å². The molecule has 0 aromatic heterocycles. The average Bonchev–Trinajstić information content (AvgIpc) is 2.25. The first-order chi connectivity index (χ1) is 7.18. The highest BCUT2D eigenvalue weighted by molar-refractivity contribution is 5.83. The fraction of sp³-hybridized carbons (Fsp3) is 0.800. The number of hydrogen-bond acceptors (Lipinski definition) is 3. The minimum absolute atomic E-state index is 0.0499. The third-order valence-electron chi connectivity index (χ3n) is 2.30. The molecule has 1 aliphatic rings. The first kappa shape index (κ1) is 12.0. The SMILES string of the molecule is CC(=O)CNC(=O)NCC1CCCOC1. The van der Waals surface area contributed by atoms with Crippen LogP contribution in [0.1, 0.15) is 19.8 Å². The van der Waals surface area contributed by atoms with E-state index in [0.717, 1.165) is 19.4 Å². The molecule has 0 aromatic carbocycles. The van der Waals surface area contributed by atoms with Gasteiger partial charge in [0.1, 0.15) is 5.78 Å². The van der Waals surface area contributed by atoms with Gasteiger partial charge in [-0.15, -0.1) is 0 Å². The highest BCUT2D eigenvalue weighted by Crippen LogP contribution is 2.11. The van der Waals surface area contributed by atoms with Crippen molar-refractivity contribution in [2.45, 2.75) is 19.8 Å². The Hall–Kier alpha value is -1.10. The lowest BCUT2D eigenvalue weighted by Gasteiger charge is -2.22. The van der Waals surface area contributed by atoms with E-state index >= 15 is 0 Å². The summed E-state index contributed by atoms with van der Waals surface area (Å²) in [5, 5.41) is 5.21. The molecule has 0 radical (unpaired) electrons. The molecule has 2 N–H and O–H groups in total. The maximum absolute atomic E-state index is 11.2. The zero-order valence-corrected chi connectivity index (χ0v) is 9.04. The number of carbonyl (C=O) groups is 2. The smallest absolute Gasteiger partial charge is 0.315 e. The van der Waals surface area contributed by atoms with Gasteiger partial charge in [-0.3, -0.25) is 4.79 Å². The lowest BCUT2D eigenvalue weighted by molar-refractivity contribution is -0.116. The van der Waals surface area contributed by atoms with Gasteiger partial charge in [0.15, 0.2) is 0 Å². The van der Waals surface area contributed by atoms with Gasteiger partial charge < -0.3 is 15.4 Å². The van der Waals surface area contributed by atoms with E-state index < -0.39 is 0 Å². The number of rotatable bonds is 4. The number of Topliss-reactive ketones (excluding diaryl/α,β-unsaturated/α-hetero) is 1. The molecule has 0 bridgehead atoms. The quantitative estimate of drug-likeness (QED) is 0.707. The summed E-state index contributed by atoms with van der Waals surface area (Å²) in [6.07, 6.45) is 2.15. The number of urea groups is 1. The van der Waals surface area contributed by atoms with Crippen LogP contribution in [0.5, 0.6) is 0 Å². The Morgan fingerprint density at radius 3 is 2.80 bits per heavy atom. The van der Waals surface area contributed by atoms with Crippen molar-refractivity contribution in [1.29, 1.82) is 0 Å². The van der Waals surface area contributed by atoms with Gasteiger partial charge in [0.25, 0.3) is 0 Å². The second-order valence-electron chi connectivity index (χ2n) is 3.85. The van der Waals surface area contributed by atoms with Crippen LogP contribution in [0.25, 0.3) is 0 Å². The predicted molar refractivity (Wildman–Crippen MR) is 55.6 cm³/mol. The molecule has 1 aliphatic heterocycles. The molecular weight excluding hydrogens is 196 g/mol. The summed E-state index contributed by atoms with van der Waals surface area (Å²) < 4.78 is 5.29. The van der Waals surface area contributed by atoms with Crippen LogP contribution in [0.3, 0.4) is 0 Å². The molecule has 1 heterocycles. The van der Waals surface area contributed by atoms with E-state index in [-0.39, 0.29) is 18.4 Å². The standard InChI is InChI=1S/C10H18N2O3/c1-8(13)5-11-10(14)12-6-9-3-2-4-15-7-9/h9H,2-7H2,1H3,(H2,11,12,14). The molecule has 1 saturated heterocycles. The Labute approximate surface area is 89.6 Å². The van der Waals surface area contributed by atoms with Crippen molar-refractivity contribution in [3.05, 3.63) is 0 Å². The summed E-state index contributed by atoms with van der Waals surface area (Å²) in [6, 6.07) is -0.282. The molecule has 5 heteroatoms. The minimum atomic E-state index is -0.282. The van der Waals surface area contributed by atoms with E-state index in [2.05, 4.69) is 10.6 Å².